The van der Waals surface area contributed by atoms with Gasteiger partial charge in [0.05, 0.1) is 5.39 Å². The van der Waals surface area contributed by atoms with E-state index in [0.717, 1.165) is 94.6 Å². The summed E-state index contributed by atoms with van der Waals surface area (Å²) in [4.78, 5) is 0. The molecule has 0 N–H and O–H groups in total. The molecule has 5 nitrogen and oxygen atoms in total. The summed E-state index contributed by atoms with van der Waals surface area (Å²) < 4.78 is 35.4. The molecule has 6 heterocycles. The van der Waals surface area contributed by atoms with Gasteiger partial charge in [-0.15, -0.1) is 11.3 Å². The smallest absolute Gasteiger partial charge is 0.305 e. The van der Waals surface area contributed by atoms with Crippen molar-refractivity contribution in [3.63, 3.8) is 0 Å². The first-order chi connectivity index (χ1) is 20.8. The predicted octanol–water partition coefficient (Wildman–Crippen LogP) is 5.10. The van der Waals surface area contributed by atoms with Crippen LogP contribution in [0, 0.1) is 0 Å². The second-order valence-electron chi connectivity index (χ2n) is 11.1. The van der Waals surface area contributed by atoms with Gasteiger partial charge in [-0.1, -0.05) is 42.5 Å². The standard InChI is InChI=1S/C34H16B2O5S/c1-3-9-20-17(7-1)30-33(41-20)35-19-15-16-25-29(32(19)40-23-12-6-11-22(38-30)27(23)35)36-28-21(37-25)10-5-13-24(28)39-31-18-8-2-4-14-26(18)42-34(31)36/h1-16H. The van der Waals surface area contributed by atoms with Gasteiger partial charge in [-0.2, -0.15) is 0 Å². The van der Waals surface area contributed by atoms with Crippen LogP contribution in [0.4, 0.5) is 0 Å². The van der Waals surface area contributed by atoms with Gasteiger partial charge in [0.25, 0.3) is 6.71 Å². The predicted molar refractivity (Wildman–Crippen MR) is 167 cm³/mol. The third-order valence-electron chi connectivity index (χ3n) is 8.95. The van der Waals surface area contributed by atoms with Crippen LogP contribution in [0.1, 0.15) is 0 Å². The average Bonchev–Trinajstić information content (AvgIpc) is 3.59. The molecule has 7 aromatic rings. The molecule has 5 aromatic carbocycles. The van der Waals surface area contributed by atoms with E-state index in [0.29, 0.717) is 0 Å². The van der Waals surface area contributed by atoms with E-state index in [4.69, 9.17) is 23.4 Å². The van der Waals surface area contributed by atoms with Crippen LogP contribution in [0.15, 0.2) is 101 Å². The summed E-state index contributed by atoms with van der Waals surface area (Å²) in [6, 6.07) is 32.8. The average molecular weight is 558 g/mol. The lowest BCUT2D eigenvalue weighted by Crippen LogP contribution is -2.62. The van der Waals surface area contributed by atoms with Gasteiger partial charge in [-0.3, -0.25) is 0 Å². The van der Waals surface area contributed by atoms with E-state index in [1.165, 1.54) is 4.70 Å². The van der Waals surface area contributed by atoms with Crippen molar-refractivity contribution in [3.05, 3.63) is 97.1 Å². The third kappa shape index (κ3) is 2.54. The Morgan fingerprint density at radius 2 is 1.12 bits per heavy atom. The highest BCUT2D eigenvalue weighted by molar-refractivity contribution is 7.33. The quantitative estimate of drug-likeness (QED) is 0.243. The van der Waals surface area contributed by atoms with E-state index >= 15 is 0 Å². The zero-order valence-corrected chi connectivity index (χ0v) is 22.7. The maximum atomic E-state index is 6.87. The minimum atomic E-state index is -0.181. The molecule has 0 atom stereocenters. The molecule has 0 radical (unpaired) electrons. The minimum absolute atomic E-state index is 0.101. The Hall–Kier alpha value is -5.07. The summed E-state index contributed by atoms with van der Waals surface area (Å²) >= 11 is 1.78. The molecule has 0 bridgehead atoms. The molecule has 0 unspecified atom stereocenters. The molecule has 11 rings (SSSR count). The van der Waals surface area contributed by atoms with E-state index < -0.39 is 0 Å². The van der Waals surface area contributed by atoms with Crippen molar-refractivity contribution in [2.24, 2.45) is 0 Å². The van der Waals surface area contributed by atoms with Gasteiger partial charge in [0.1, 0.15) is 51.5 Å². The lowest BCUT2D eigenvalue weighted by Gasteiger charge is -2.36. The maximum Gasteiger partial charge on any atom is 0.305 e. The van der Waals surface area contributed by atoms with Gasteiger partial charge in [-0.05, 0) is 60.1 Å². The third-order valence-corrected chi connectivity index (χ3v) is 10.2. The summed E-state index contributed by atoms with van der Waals surface area (Å²) in [6.45, 7) is -0.282. The monoisotopic (exact) mass is 558 g/mol. The summed E-state index contributed by atoms with van der Waals surface area (Å²) in [6.07, 6.45) is 0. The maximum absolute atomic E-state index is 6.87. The molecule has 0 aliphatic carbocycles. The van der Waals surface area contributed by atoms with Gasteiger partial charge < -0.3 is 23.4 Å². The zero-order valence-electron chi connectivity index (χ0n) is 21.8. The van der Waals surface area contributed by atoms with E-state index in [1.54, 1.807) is 11.3 Å². The van der Waals surface area contributed by atoms with Crippen LogP contribution in [-0.2, 0) is 0 Å². The van der Waals surface area contributed by atoms with Crippen LogP contribution in [0.3, 0.4) is 0 Å². The zero-order chi connectivity index (χ0) is 27.1. The fraction of sp³-hybridized carbons (Fsp3) is 0. The van der Waals surface area contributed by atoms with Crippen LogP contribution < -0.4 is 51.2 Å². The molecule has 0 spiro atoms. The number of hydrogen-bond acceptors (Lipinski definition) is 6. The van der Waals surface area contributed by atoms with Crippen LogP contribution in [0.25, 0.3) is 21.1 Å². The Labute approximate surface area is 244 Å². The van der Waals surface area contributed by atoms with Crippen molar-refractivity contribution in [1.82, 2.24) is 0 Å². The second kappa shape index (κ2) is 7.41. The largest absolute Gasteiger partial charge is 0.466 e. The molecule has 0 saturated carbocycles. The Balaban J connectivity index is 1.22. The number of benzene rings is 5. The number of fused-ring (bicyclic) bond motifs is 13. The van der Waals surface area contributed by atoms with Crippen LogP contribution in [0.5, 0.6) is 46.0 Å². The van der Waals surface area contributed by atoms with Gasteiger partial charge >= 0.3 is 6.71 Å². The first kappa shape index (κ1) is 21.6. The van der Waals surface area contributed by atoms with E-state index in [1.807, 2.05) is 54.6 Å². The van der Waals surface area contributed by atoms with Crippen LogP contribution >= 0.6 is 11.3 Å². The van der Waals surface area contributed by atoms with Crippen molar-refractivity contribution < 1.29 is 23.4 Å². The molecule has 4 aliphatic rings. The highest BCUT2D eigenvalue weighted by Crippen LogP contribution is 2.43. The van der Waals surface area contributed by atoms with Crippen molar-refractivity contribution in [2.75, 3.05) is 0 Å². The Bertz CT molecular complexity index is 2350. The van der Waals surface area contributed by atoms with Crippen LogP contribution in [-0.4, -0.2) is 13.4 Å². The highest BCUT2D eigenvalue weighted by atomic mass is 32.1. The molecule has 194 valence electrons. The number of hydrogen-bond donors (Lipinski definition) is 0. The SMILES string of the molecule is c1cc2c3c(c1)Oc1c(oc4ccccc14)B3c1ccc3c(c1O2)B1c2sc4ccccc4c2Oc2cccc(c21)O3. The molecular formula is C34H16B2O5S. The number of furan rings is 1. The Morgan fingerprint density at radius 1 is 0.476 bits per heavy atom. The second-order valence-corrected chi connectivity index (χ2v) is 12.2. The molecule has 0 fully saturated rings. The van der Waals surface area contributed by atoms with E-state index in [9.17, 15) is 0 Å². The van der Waals surface area contributed by atoms with E-state index in [-0.39, 0.29) is 13.4 Å². The summed E-state index contributed by atoms with van der Waals surface area (Å²) in [5.41, 5.74) is 5.69. The number of thiophene rings is 1. The first-order valence-electron chi connectivity index (χ1n) is 14.0. The summed E-state index contributed by atoms with van der Waals surface area (Å²) in [7, 11) is 0. The Morgan fingerprint density at radius 3 is 1.95 bits per heavy atom. The molecule has 0 saturated heterocycles. The van der Waals surface area contributed by atoms with Gasteiger partial charge in [0, 0.05) is 31.3 Å². The first-order valence-corrected chi connectivity index (χ1v) is 14.8. The lowest BCUT2D eigenvalue weighted by atomic mass is 9.33. The minimum Gasteiger partial charge on any atom is -0.466 e. The van der Waals surface area contributed by atoms with E-state index in [2.05, 4.69) is 42.5 Å². The molecule has 42 heavy (non-hydrogen) atoms. The molecule has 4 aliphatic heterocycles. The number of para-hydroxylation sites is 1. The van der Waals surface area contributed by atoms with Crippen molar-refractivity contribution in [1.29, 1.82) is 0 Å². The molecule has 8 heteroatoms. The molecule has 2 aromatic heterocycles. The Kier molecular flexibility index (Phi) is 3.82. The fourth-order valence-corrected chi connectivity index (χ4v) is 8.48. The lowest BCUT2D eigenvalue weighted by molar-refractivity contribution is 0.452. The van der Waals surface area contributed by atoms with Crippen molar-refractivity contribution in [3.8, 4) is 46.0 Å². The van der Waals surface area contributed by atoms with Crippen molar-refractivity contribution >= 4 is 78.1 Å². The number of ether oxygens (including phenoxy) is 4. The number of rotatable bonds is 0. The van der Waals surface area contributed by atoms with Gasteiger partial charge in [0.2, 0.25) is 0 Å². The molecule has 0 amide bonds. The summed E-state index contributed by atoms with van der Waals surface area (Å²) in [5, 5.41) is 2.09. The topological polar surface area (TPSA) is 50.1 Å². The normalized spacial score (nSPS) is 14.4. The van der Waals surface area contributed by atoms with Gasteiger partial charge in [0.15, 0.2) is 5.75 Å². The highest BCUT2D eigenvalue weighted by Gasteiger charge is 2.49. The fourth-order valence-electron chi connectivity index (χ4n) is 7.23. The van der Waals surface area contributed by atoms with Crippen molar-refractivity contribution in [2.45, 2.75) is 0 Å². The molecular weight excluding hydrogens is 542 g/mol. The summed E-state index contributed by atoms with van der Waals surface area (Å²) in [5.74, 6) is 6.50. The van der Waals surface area contributed by atoms with Gasteiger partial charge in [-0.25, -0.2) is 0 Å². The van der Waals surface area contributed by atoms with Crippen LogP contribution in [0.2, 0.25) is 0 Å².